The lowest BCUT2D eigenvalue weighted by molar-refractivity contribution is -0.145. The van der Waals surface area contributed by atoms with Crippen molar-refractivity contribution in [1.82, 2.24) is 9.97 Å². The van der Waals surface area contributed by atoms with Gasteiger partial charge in [-0.15, -0.1) is 11.8 Å². The van der Waals surface area contributed by atoms with E-state index in [2.05, 4.69) is 15.3 Å². The van der Waals surface area contributed by atoms with Crippen molar-refractivity contribution >= 4 is 17.6 Å². The van der Waals surface area contributed by atoms with Crippen molar-refractivity contribution in [2.24, 2.45) is 0 Å². The Hall–Kier alpha value is -1.02. The SMILES string of the molecule is CNc1cc(SCC2CCCO2)nc(C(F)(F)F)n1. The molecule has 1 aromatic rings. The summed E-state index contributed by atoms with van der Waals surface area (Å²) in [4.78, 5) is 6.96. The molecule has 106 valence electrons. The first kappa shape index (κ1) is 14.4. The molecule has 1 fully saturated rings. The Morgan fingerprint density at radius 3 is 2.84 bits per heavy atom. The number of halogens is 3. The summed E-state index contributed by atoms with van der Waals surface area (Å²) in [5.41, 5.74) is 0. The average Bonchev–Trinajstić information content (AvgIpc) is 2.88. The summed E-state index contributed by atoms with van der Waals surface area (Å²) in [5, 5.41) is 2.92. The molecule has 1 aromatic heterocycles. The molecule has 1 aliphatic heterocycles. The maximum absolute atomic E-state index is 12.6. The molecule has 2 heterocycles. The van der Waals surface area contributed by atoms with Gasteiger partial charge in [0.1, 0.15) is 10.8 Å². The number of hydrogen-bond donors (Lipinski definition) is 1. The van der Waals surface area contributed by atoms with Gasteiger partial charge in [-0.3, -0.25) is 0 Å². The Morgan fingerprint density at radius 1 is 1.47 bits per heavy atom. The van der Waals surface area contributed by atoms with Crippen molar-refractivity contribution < 1.29 is 17.9 Å². The number of nitrogens with one attached hydrogen (secondary N) is 1. The molecule has 8 heteroatoms. The highest BCUT2D eigenvalue weighted by molar-refractivity contribution is 7.99. The third kappa shape index (κ3) is 3.97. The first-order chi connectivity index (χ1) is 8.99. The second-order valence-electron chi connectivity index (χ2n) is 4.11. The fourth-order valence-corrected chi connectivity index (χ4v) is 2.67. The highest BCUT2D eigenvalue weighted by Crippen LogP contribution is 2.30. The number of thioether (sulfide) groups is 1. The van der Waals surface area contributed by atoms with E-state index in [1.54, 1.807) is 0 Å². The predicted molar refractivity (Wildman–Crippen MR) is 66.3 cm³/mol. The molecule has 0 radical (unpaired) electrons. The highest BCUT2D eigenvalue weighted by atomic mass is 32.2. The molecule has 4 nitrogen and oxygen atoms in total. The molecule has 2 rings (SSSR count). The van der Waals surface area contributed by atoms with E-state index >= 15 is 0 Å². The Kier molecular flexibility index (Phi) is 4.51. The van der Waals surface area contributed by atoms with Gasteiger partial charge in [-0.25, -0.2) is 9.97 Å². The van der Waals surface area contributed by atoms with Gasteiger partial charge in [-0.2, -0.15) is 13.2 Å². The number of hydrogen-bond acceptors (Lipinski definition) is 5. The van der Waals surface area contributed by atoms with Crippen LogP contribution in [0.4, 0.5) is 19.0 Å². The van der Waals surface area contributed by atoms with Crippen molar-refractivity contribution in [3.05, 3.63) is 11.9 Å². The number of aromatic nitrogens is 2. The molecular weight excluding hydrogens is 279 g/mol. The van der Waals surface area contributed by atoms with Gasteiger partial charge in [0.15, 0.2) is 0 Å². The maximum Gasteiger partial charge on any atom is 0.451 e. The van der Waals surface area contributed by atoms with Crippen LogP contribution in [0.25, 0.3) is 0 Å². The average molecular weight is 293 g/mol. The molecule has 1 N–H and O–H groups in total. The molecule has 0 bridgehead atoms. The third-order valence-corrected chi connectivity index (χ3v) is 3.70. The molecule has 1 atom stereocenters. The quantitative estimate of drug-likeness (QED) is 0.683. The van der Waals surface area contributed by atoms with Gasteiger partial charge < -0.3 is 10.1 Å². The van der Waals surface area contributed by atoms with Crippen molar-refractivity contribution in [3.63, 3.8) is 0 Å². The topological polar surface area (TPSA) is 47.0 Å². The minimum absolute atomic E-state index is 0.104. The van der Waals surface area contributed by atoms with E-state index in [1.165, 1.54) is 24.9 Å². The van der Waals surface area contributed by atoms with Crippen LogP contribution in [0.3, 0.4) is 0 Å². The Bertz CT molecular complexity index is 436. The summed E-state index contributed by atoms with van der Waals surface area (Å²) >= 11 is 1.26. The smallest absolute Gasteiger partial charge is 0.377 e. The van der Waals surface area contributed by atoms with Gasteiger partial charge >= 0.3 is 6.18 Å². The van der Waals surface area contributed by atoms with Crippen LogP contribution in [0, 0.1) is 0 Å². The van der Waals surface area contributed by atoms with Crippen molar-refractivity contribution in [3.8, 4) is 0 Å². The summed E-state index contributed by atoms with van der Waals surface area (Å²) < 4.78 is 43.3. The maximum atomic E-state index is 12.6. The summed E-state index contributed by atoms with van der Waals surface area (Å²) in [6.45, 7) is 0.727. The van der Waals surface area contributed by atoms with Crippen molar-refractivity contribution in [2.45, 2.75) is 30.1 Å². The molecule has 0 saturated carbocycles. The molecule has 1 unspecified atom stereocenters. The monoisotopic (exact) mass is 293 g/mol. The van der Waals surface area contributed by atoms with Gasteiger partial charge in [0.25, 0.3) is 0 Å². The number of rotatable bonds is 4. The highest BCUT2D eigenvalue weighted by Gasteiger charge is 2.35. The predicted octanol–water partition coefficient (Wildman–Crippen LogP) is 2.81. The van der Waals surface area contributed by atoms with Gasteiger partial charge in [0.2, 0.25) is 5.82 Å². The molecular formula is C11H14F3N3OS. The van der Waals surface area contributed by atoms with Crippen molar-refractivity contribution in [1.29, 1.82) is 0 Å². The second kappa shape index (κ2) is 5.96. The van der Waals surface area contributed by atoms with Gasteiger partial charge in [-0.05, 0) is 12.8 Å². The van der Waals surface area contributed by atoms with Gasteiger partial charge in [0, 0.05) is 25.5 Å². The van der Waals surface area contributed by atoms with E-state index in [9.17, 15) is 13.2 Å². The summed E-state index contributed by atoms with van der Waals surface area (Å²) in [7, 11) is 1.52. The fraction of sp³-hybridized carbons (Fsp3) is 0.636. The first-order valence-electron chi connectivity index (χ1n) is 5.87. The summed E-state index contributed by atoms with van der Waals surface area (Å²) in [6, 6.07) is 1.51. The molecule has 19 heavy (non-hydrogen) atoms. The van der Waals surface area contributed by atoms with Crippen molar-refractivity contribution in [2.75, 3.05) is 24.7 Å². The van der Waals surface area contributed by atoms with E-state index < -0.39 is 12.0 Å². The Labute approximate surface area is 113 Å². The zero-order valence-electron chi connectivity index (χ0n) is 10.3. The molecule has 0 aliphatic carbocycles. The minimum atomic E-state index is -4.54. The minimum Gasteiger partial charge on any atom is -0.377 e. The van der Waals surface area contributed by atoms with E-state index in [-0.39, 0.29) is 11.9 Å². The van der Waals surface area contributed by atoms with Crippen LogP contribution < -0.4 is 5.32 Å². The number of nitrogens with zero attached hydrogens (tertiary/aromatic N) is 2. The van der Waals surface area contributed by atoms with Crippen LogP contribution in [0.5, 0.6) is 0 Å². The van der Waals surface area contributed by atoms with E-state index in [1.807, 2.05) is 0 Å². The number of alkyl halides is 3. The van der Waals surface area contributed by atoms with E-state index in [4.69, 9.17) is 4.74 Å². The lowest BCUT2D eigenvalue weighted by Crippen LogP contribution is -2.13. The Balaban J connectivity index is 2.10. The van der Waals surface area contributed by atoms with Gasteiger partial charge in [0.05, 0.1) is 6.10 Å². The number of anilines is 1. The van der Waals surface area contributed by atoms with Crippen LogP contribution >= 0.6 is 11.8 Å². The summed E-state index contributed by atoms with van der Waals surface area (Å²) in [5.74, 6) is -0.344. The van der Waals surface area contributed by atoms with Crippen LogP contribution in [0.15, 0.2) is 11.1 Å². The lowest BCUT2D eigenvalue weighted by atomic mass is 10.3. The second-order valence-corrected chi connectivity index (χ2v) is 5.15. The van der Waals surface area contributed by atoms with Crippen LogP contribution in [-0.4, -0.2) is 35.5 Å². The number of ether oxygens (including phenoxy) is 1. The fourth-order valence-electron chi connectivity index (χ4n) is 1.71. The van der Waals surface area contributed by atoms with Gasteiger partial charge in [-0.1, -0.05) is 0 Å². The van der Waals surface area contributed by atoms with Crippen LogP contribution in [-0.2, 0) is 10.9 Å². The van der Waals surface area contributed by atoms with Crippen LogP contribution in [0.1, 0.15) is 18.7 Å². The Morgan fingerprint density at radius 2 is 2.26 bits per heavy atom. The summed E-state index contributed by atoms with van der Waals surface area (Å²) in [6.07, 6.45) is -2.48. The molecule has 0 amide bonds. The zero-order valence-corrected chi connectivity index (χ0v) is 11.1. The zero-order chi connectivity index (χ0) is 13.9. The normalized spacial score (nSPS) is 19.7. The van der Waals surface area contributed by atoms with Crippen LogP contribution in [0.2, 0.25) is 0 Å². The van der Waals surface area contributed by atoms with E-state index in [0.29, 0.717) is 10.8 Å². The third-order valence-electron chi connectivity index (χ3n) is 2.65. The molecule has 1 aliphatic rings. The molecule has 0 spiro atoms. The van der Waals surface area contributed by atoms with E-state index in [0.717, 1.165) is 19.4 Å². The standard InChI is InChI=1S/C11H14F3N3OS/c1-15-8-5-9(17-10(16-8)11(12,13)14)19-6-7-3-2-4-18-7/h5,7H,2-4,6H2,1H3,(H,15,16,17). The lowest BCUT2D eigenvalue weighted by Gasteiger charge is -2.11. The molecule has 1 saturated heterocycles. The largest absolute Gasteiger partial charge is 0.451 e. The first-order valence-corrected chi connectivity index (χ1v) is 6.86. The molecule has 0 aromatic carbocycles.